The molecule has 1 aliphatic carbocycles. The van der Waals surface area contributed by atoms with Crippen LogP contribution in [0.1, 0.15) is 43.1 Å². The fourth-order valence-electron chi connectivity index (χ4n) is 2.80. The molecule has 6 nitrogen and oxygen atoms in total. The molecule has 0 saturated heterocycles. The van der Waals surface area contributed by atoms with Gasteiger partial charge < -0.3 is 10.4 Å². The predicted molar refractivity (Wildman–Crippen MR) is 81.8 cm³/mol. The van der Waals surface area contributed by atoms with Gasteiger partial charge in [-0.05, 0) is 31.9 Å². The van der Waals surface area contributed by atoms with Gasteiger partial charge in [-0.2, -0.15) is 0 Å². The van der Waals surface area contributed by atoms with E-state index in [1.54, 1.807) is 11.6 Å². The van der Waals surface area contributed by atoms with Gasteiger partial charge in [0, 0.05) is 12.5 Å². The van der Waals surface area contributed by atoms with E-state index < -0.39 is 5.60 Å². The number of carbonyl (C=O) groups is 1. The van der Waals surface area contributed by atoms with Gasteiger partial charge >= 0.3 is 0 Å². The van der Waals surface area contributed by atoms with Crippen molar-refractivity contribution in [1.29, 1.82) is 0 Å². The minimum absolute atomic E-state index is 0.00347. The molecule has 0 unspecified atom stereocenters. The summed E-state index contributed by atoms with van der Waals surface area (Å²) in [6, 6.07) is 9.63. The van der Waals surface area contributed by atoms with Crippen molar-refractivity contribution in [2.24, 2.45) is 0 Å². The third-order valence-corrected chi connectivity index (χ3v) is 3.90. The maximum Gasteiger partial charge on any atom is 0.291 e. The fourth-order valence-corrected chi connectivity index (χ4v) is 2.80. The number of nitrogens with one attached hydrogen (secondary N) is 1. The van der Waals surface area contributed by atoms with Crippen molar-refractivity contribution in [1.82, 2.24) is 20.1 Å². The van der Waals surface area contributed by atoms with E-state index in [-0.39, 0.29) is 17.8 Å². The summed E-state index contributed by atoms with van der Waals surface area (Å²) in [5.74, 6) is 0.633. The number of aromatic nitrogens is 3. The van der Waals surface area contributed by atoms with Crippen LogP contribution >= 0.6 is 0 Å². The van der Waals surface area contributed by atoms with Gasteiger partial charge in [-0.3, -0.25) is 4.79 Å². The molecule has 22 heavy (non-hydrogen) atoms. The number of benzene rings is 1. The van der Waals surface area contributed by atoms with E-state index in [2.05, 4.69) is 15.4 Å². The monoisotopic (exact) mass is 300 g/mol. The van der Waals surface area contributed by atoms with Crippen LogP contribution in [0.2, 0.25) is 0 Å². The zero-order valence-electron chi connectivity index (χ0n) is 12.8. The molecule has 0 atom stereocenters. The first kappa shape index (κ1) is 14.7. The molecule has 1 heterocycles. The van der Waals surface area contributed by atoms with Gasteiger partial charge in [-0.1, -0.05) is 25.1 Å². The summed E-state index contributed by atoms with van der Waals surface area (Å²) in [5.41, 5.74) is 0.223. The van der Waals surface area contributed by atoms with Gasteiger partial charge in [0.15, 0.2) is 0 Å². The Morgan fingerprint density at radius 1 is 1.41 bits per heavy atom. The van der Waals surface area contributed by atoms with E-state index in [0.717, 1.165) is 11.5 Å². The lowest BCUT2D eigenvalue weighted by atomic mass is 9.77. The van der Waals surface area contributed by atoms with Crippen LogP contribution in [0.5, 0.6) is 0 Å². The Morgan fingerprint density at radius 2 is 2.09 bits per heavy atom. The number of amides is 1. The molecule has 1 aromatic carbocycles. The number of rotatable bonds is 4. The Labute approximate surface area is 129 Å². The zero-order chi connectivity index (χ0) is 15.7. The van der Waals surface area contributed by atoms with Crippen molar-refractivity contribution in [3.05, 3.63) is 42.0 Å². The van der Waals surface area contributed by atoms with Crippen LogP contribution in [0.25, 0.3) is 5.69 Å². The minimum atomic E-state index is -0.663. The Kier molecular flexibility index (Phi) is 3.70. The standard InChI is InChI=1S/C16H20N4O2/c1-3-13-18-14(15(21)17-11-9-16(2,22)10-11)19-20(13)12-7-5-4-6-8-12/h4-8,11,22H,3,9-10H2,1-2H3,(H,17,21). The van der Waals surface area contributed by atoms with Gasteiger partial charge in [-0.25, -0.2) is 9.67 Å². The topological polar surface area (TPSA) is 80.0 Å². The summed E-state index contributed by atoms with van der Waals surface area (Å²) < 4.78 is 1.70. The van der Waals surface area contributed by atoms with Crippen molar-refractivity contribution in [2.75, 3.05) is 0 Å². The van der Waals surface area contributed by atoms with Crippen LogP contribution in [0.4, 0.5) is 0 Å². The van der Waals surface area contributed by atoms with Crippen LogP contribution in [-0.4, -0.2) is 37.4 Å². The largest absolute Gasteiger partial charge is 0.390 e. The smallest absolute Gasteiger partial charge is 0.291 e. The van der Waals surface area contributed by atoms with E-state index in [0.29, 0.717) is 19.3 Å². The number of para-hydroxylation sites is 1. The average Bonchev–Trinajstić information content (AvgIpc) is 2.90. The Hall–Kier alpha value is -2.21. The molecule has 1 amide bonds. The number of aryl methyl sites for hydroxylation is 1. The lowest BCUT2D eigenvalue weighted by Gasteiger charge is -2.40. The zero-order valence-corrected chi connectivity index (χ0v) is 12.8. The third kappa shape index (κ3) is 2.87. The van der Waals surface area contributed by atoms with E-state index in [1.165, 1.54) is 0 Å². The van der Waals surface area contributed by atoms with Crippen LogP contribution in [0, 0.1) is 0 Å². The fraction of sp³-hybridized carbons (Fsp3) is 0.438. The van der Waals surface area contributed by atoms with Crippen LogP contribution in [0.15, 0.2) is 30.3 Å². The molecule has 116 valence electrons. The van der Waals surface area contributed by atoms with Crippen LogP contribution in [0.3, 0.4) is 0 Å². The highest BCUT2D eigenvalue weighted by molar-refractivity contribution is 5.90. The molecule has 1 saturated carbocycles. The lowest BCUT2D eigenvalue weighted by molar-refractivity contribution is -0.0367. The summed E-state index contributed by atoms with van der Waals surface area (Å²) in [6.07, 6.45) is 1.82. The minimum Gasteiger partial charge on any atom is -0.390 e. The van der Waals surface area contributed by atoms with Crippen molar-refractivity contribution in [2.45, 2.75) is 44.8 Å². The molecule has 0 bridgehead atoms. The highest BCUT2D eigenvalue weighted by atomic mass is 16.3. The van der Waals surface area contributed by atoms with E-state index >= 15 is 0 Å². The predicted octanol–water partition coefficient (Wildman–Crippen LogP) is 1.47. The average molecular weight is 300 g/mol. The van der Waals surface area contributed by atoms with Gasteiger partial charge in [0.25, 0.3) is 5.91 Å². The van der Waals surface area contributed by atoms with Gasteiger partial charge in [0.05, 0.1) is 11.3 Å². The number of nitrogens with zero attached hydrogens (tertiary/aromatic N) is 3. The first-order valence-electron chi connectivity index (χ1n) is 7.53. The first-order chi connectivity index (χ1) is 10.5. The molecule has 0 radical (unpaired) electrons. The number of hydrogen-bond acceptors (Lipinski definition) is 4. The first-order valence-corrected chi connectivity index (χ1v) is 7.53. The summed E-state index contributed by atoms with van der Waals surface area (Å²) in [5, 5.41) is 16.9. The summed E-state index contributed by atoms with van der Waals surface area (Å²) in [4.78, 5) is 16.6. The molecular weight excluding hydrogens is 280 g/mol. The lowest BCUT2D eigenvalue weighted by Crippen LogP contribution is -2.53. The highest BCUT2D eigenvalue weighted by Gasteiger charge is 2.39. The molecule has 1 fully saturated rings. The molecular formula is C16H20N4O2. The van der Waals surface area contributed by atoms with E-state index in [9.17, 15) is 9.90 Å². The van der Waals surface area contributed by atoms with Crippen molar-refractivity contribution in [3.63, 3.8) is 0 Å². The van der Waals surface area contributed by atoms with Crippen molar-refractivity contribution < 1.29 is 9.90 Å². The Morgan fingerprint density at radius 3 is 2.68 bits per heavy atom. The highest BCUT2D eigenvalue weighted by Crippen LogP contribution is 2.31. The van der Waals surface area contributed by atoms with Crippen LogP contribution < -0.4 is 5.32 Å². The molecule has 1 aromatic heterocycles. The quantitative estimate of drug-likeness (QED) is 0.896. The summed E-state index contributed by atoms with van der Waals surface area (Å²) >= 11 is 0. The van der Waals surface area contributed by atoms with Crippen LogP contribution in [-0.2, 0) is 6.42 Å². The number of hydrogen-bond donors (Lipinski definition) is 2. The maximum absolute atomic E-state index is 12.2. The molecule has 1 aliphatic rings. The molecule has 2 aromatic rings. The number of aliphatic hydroxyl groups is 1. The molecule has 6 heteroatoms. The van der Waals surface area contributed by atoms with Crippen molar-refractivity contribution in [3.8, 4) is 5.69 Å². The second-order valence-electron chi connectivity index (χ2n) is 6.03. The maximum atomic E-state index is 12.2. The van der Waals surface area contributed by atoms with Crippen molar-refractivity contribution >= 4 is 5.91 Å². The molecule has 0 aliphatic heterocycles. The van der Waals surface area contributed by atoms with Gasteiger partial charge in [-0.15, -0.1) is 5.10 Å². The molecule has 3 rings (SSSR count). The number of carbonyl (C=O) groups excluding carboxylic acids is 1. The third-order valence-electron chi connectivity index (χ3n) is 3.90. The summed E-state index contributed by atoms with van der Waals surface area (Å²) in [7, 11) is 0. The normalized spacial score (nSPS) is 23.9. The summed E-state index contributed by atoms with van der Waals surface area (Å²) in [6.45, 7) is 3.75. The second-order valence-corrected chi connectivity index (χ2v) is 6.03. The van der Waals surface area contributed by atoms with Gasteiger partial charge in [0.2, 0.25) is 5.82 Å². The van der Waals surface area contributed by atoms with E-state index in [1.807, 2.05) is 37.3 Å². The molecule has 2 N–H and O–H groups in total. The second kappa shape index (κ2) is 5.53. The van der Waals surface area contributed by atoms with Gasteiger partial charge in [0.1, 0.15) is 5.82 Å². The molecule has 0 spiro atoms. The SMILES string of the molecule is CCc1nc(C(=O)NC2CC(C)(O)C2)nn1-c1ccccc1. The Bertz CT molecular complexity index is 671. The van der Waals surface area contributed by atoms with E-state index in [4.69, 9.17) is 0 Å². The Balaban J connectivity index is 1.77.